The number of carbonyl (C=O) groups excluding carboxylic acids is 1. The maximum Gasteiger partial charge on any atom is 0.138 e. The molecule has 0 heterocycles. The fraction of sp³-hybridized carbons (Fsp3) is 0.462. The summed E-state index contributed by atoms with van der Waals surface area (Å²) in [7, 11) is 0. The molecule has 1 aliphatic carbocycles. The van der Waals surface area contributed by atoms with E-state index in [2.05, 4.69) is 0 Å². The maximum atomic E-state index is 11.8. The Morgan fingerprint density at radius 3 is 2.71 bits per heavy atom. The van der Waals surface area contributed by atoms with Crippen LogP contribution in [0.5, 0.6) is 0 Å². The summed E-state index contributed by atoms with van der Waals surface area (Å²) in [6.45, 7) is 0. The fourth-order valence-corrected chi connectivity index (χ4v) is 2.82. The van der Waals surface area contributed by atoms with Crippen LogP contribution in [0.4, 0.5) is 0 Å². The first-order chi connectivity index (χ1) is 8.09. The van der Waals surface area contributed by atoms with Crippen LogP contribution in [0.1, 0.15) is 37.4 Å². The van der Waals surface area contributed by atoms with Gasteiger partial charge in [0.25, 0.3) is 0 Å². The van der Waals surface area contributed by atoms with Gasteiger partial charge in [-0.15, -0.1) is 0 Å². The second-order valence-corrected chi connectivity index (χ2v) is 5.27. The summed E-state index contributed by atoms with van der Waals surface area (Å²) in [5, 5.41) is 11.2. The molecule has 4 heteroatoms. The molecule has 2 nitrogen and oxygen atoms in total. The van der Waals surface area contributed by atoms with Gasteiger partial charge in [-0.2, -0.15) is 0 Å². The highest BCUT2D eigenvalue weighted by molar-refractivity contribution is 6.35. The molecule has 0 amide bonds. The van der Waals surface area contributed by atoms with E-state index in [1.165, 1.54) is 0 Å². The average Bonchev–Trinajstić information content (AvgIpc) is 2.29. The number of aliphatic hydroxyl groups is 1. The average molecular weight is 273 g/mol. The van der Waals surface area contributed by atoms with Gasteiger partial charge in [0.1, 0.15) is 5.78 Å². The van der Waals surface area contributed by atoms with E-state index in [-0.39, 0.29) is 11.7 Å². The minimum Gasteiger partial charge on any atom is -0.388 e. The molecule has 0 bridgehead atoms. The summed E-state index contributed by atoms with van der Waals surface area (Å²) in [4.78, 5) is 11.8. The number of Topliss-reactive ketones (excluding diaryl/α,β-unsaturated/α-hetero) is 1. The molecule has 1 fully saturated rings. The predicted molar refractivity (Wildman–Crippen MR) is 68.4 cm³/mol. The third-order valence-corrected chi connectivity index (χ3v) is 3.83. The Balaban J connectivity index is 2.23. The minimum atomic E-state index is -0.812. The number of aliphatic hydroxyl groups excluding tert-OH is 1. The minimum absolute atomic E-state index is 0.134. The molecule has 0 aliphatic heterocycles. The molecule has 1 aromatic rings. The van der Waals surface area contributed by atoms with E-state index in [0.29, 0.717) is 22.0 Å². The highest BCUT2D eigenvalue weighted by atomic mass is 35.5. The van der Waals surface area contributed by atoms with Crippen LogP contribution in [0, 0.1) is 5.92 Å². The lowest BCUT2D eigenvalue weighted by molar-refractivity contribution is -0.128. The second kappa shape index (κ2) is 5.38. The molecule has 2 atom stereocenters. The van der Waals surface area contributed by atoms with Crippen LogP contribution in [0.2, 0.25) is 10.0 Å². The van der Waals surface area contributed by atoms with Crippen LogP contribution in [0.3, 0.4) is 0 Å². The van der Waals surface area contributed by atoms with Gasteiger partial charge in [0.2, 0.25) is 0 Å². The van der Waals surface area contributed by atoms with Gasteiger partial charge in [0.05, 0.1) is 6.10 Å². The summed E-state index contributed by atoms with van der Waals surface area (Å²) >= 11 is 11.8. The Kier molecular flexibility index (Phi) is 4.08. The number of carbonyl (C=O) groups is 1. The molecular weight excluding hydrogens is 259 g/mol. The third kappa shape index (κ3) is 2.82. The monoisotopic (exact) mass is 272 g/mol. The van der Waals surface area contributed by atoms with Crippen molar-refractivity contribution in [3.8, 4) is 0 Å². The summed E-state index contributed by atoms with van der Waals surface area (Å²) < 4.78 is 0. The van der Waals surface area contributed by atoms with Crippen molar-refractivity contribution in [1.82, 2.24) is 0 Å². The Labute approximate surface area is 111 Å². The first-order valence-electron chi connectivity index (χ1n) is 5.75. The van der Waals surface area contributed by atoms with Gasteiger partial charge in [-0.25, -0.2) is 0 Å². The van der Waals surface area contributed by atoms with Crippen molar-refractivity contribution in [3.05, 3.63) is 33.8 Å². The second-order valence-electron chi connectivity index (χ2n) is 4.43. The molecule has 17 heavy (non-hydrogen) atoms. The smallest absolute Gasteiger partial charge is 0.138 e. The number of hydrogen-bond acceptors (Lipinski definition) is 2. The number of halogens is 2. The quantitative estimate of drug-likeness (QED) is 0.890. The van der Waals surface area contributed by atoms with Gasteiger partial charge in [-0.05, 0) is 30.5 Å². The van der Waals surface area contributed by atoms with Gasteiger partial charge in [-0.1, -0.05) is 35.7 Å². The molecule has 2 unspecified atom stereocenters. The zero-order chi connectivity index (χ0) is 12.4. The van der Waals surface area contributed by atoms with Crippen molar-refractivity contribution in [2.45, 2.75) is 31.8 Å². The van der Waals surface area contributed by atoms with Crippen LogP contribution in [-0.4, -0.2) is 10.9 Å². The van der Waals surface area contributed by atoms with Crippen molar-refractivity contribution in [2.24, 2.45) is 5.92 Å². The molecule has 0 saturated heterocycles. The molecule has 1 saturated carbocycles. The first-order valence-corrected chi connectivity index (χ1v) is 6.51. The molecule has 2 rings (SSSR count). The fourth-order valence-electron chi connectivity index (χ4n) is 2.30. The third-order valence-electron chi connectivity index (χ3n) is 3.26. The lowest BCUT2D eigenvalue weighted by Gasteiger charge is -2.26. The molecule has 1 N–H and O–H groups in total. The van der Waals surface area contributed by atoms with E-state index in [0.717, 1.165) is 19.3 Å². The number of ketones is 1. The van der Waals surface area contributed by atoms with E-state index in [9.17, 15) is 9.90 Å². The largest absolute Gasteiger partial charge is 0.388 e. The van der Waals surface area contributed by atoms with E-state index in [1.807, 2.05) is 0 Å². The first kappa shape index (κ1) is 12.9. The number of benzene rings is 1. The Morgan fingerprint density at radius 2 is 2.06 bits per heavy atom. The lowest BCUT2D eigenvalue weighted by Crippen LogP contribution is -2.25. The Morgan fingerprint density at radius 1 is 1.29 bits per heavy atom. The molecular formula is C13H14Cl2O2. The number of rotatable bonds is 2. The summed E-state index contributed by atoms with van der Waals surface area (Å²) in [6, 6.07) is 4.96. The van der Waals surface area contributed by atoms with Crippen LogP contribution >= 0.6 is 23.2 Å². The molecule has 1 aliphatic rings. The standard InChI is InChI=1S/C13H14Cl2O2/c14-8-5-6-9(11(15)7-8)13(17)10-3-1-2-4-12(10)16/h5-7,10,13,17H,1-4H2. The van der Waals surface area contributed by atoms with E-state index >= 15 is 0 Å². The van der Waals surface area contributed by atoms with Crippen LogP contribution in [-0.2, 0) is 4.79 Å². The van der Waals surface area contributed by atoms with E-state index < -0.39 is 6.10 Å². The normalized spacial score (nSPS) is 22.5. The Hall–Kier alpha value is -0.570. The van der Waals surface area contributed by atoms with Crippen molar-refractivity contribution < 1.29 is 9.90 Å². The van der Waals surface area contributed by atoms with Gasteiger partial charge in [0.15, 0.2) is 0 Å². The summed E-state index contributed by atoms with van der Waals surface area (Å²) in [5.41, 5.74) is 0.594. The van der Waals surface area contributed by atoms with Crippen LogP contribution < -0.4 is 0 Å². The maximum absolute atomic E-state index is 11.8. The molecule has 92 valence electrons. The number of hydrogen-bond donors (Lipinski definition) is 1. The Bertz CT molecular complexity index is 431. The summed E-state index contributed by atoms with van der Waals surface area (Å²) in [5.74, 6) is -0.183. The molecule has 0 radical (unpaired) electrons. The van der Waals surface area contributed by atoms with Gasteiger partial charge < -0.3 is 5.11 Å². The SMILES string of the molecule is O=C1CCCCC1C(O)c1ccc(Cl)cc1Cl. The predicted octanol–water partition coefficient (Wildman–Crippen LogP) is 3.79. The molecule has 0 spiro atoms. The highest BCUT2D eigenvalue weighted by Gasteiger charge is 2.30. The van der Waals surface area contributed by atoms with E-state index in [4.69, 9.17) is 23.2 Å². The zero-order valence-corrected chi connectivity index (χ0v) is 10.8. The van der Waals surface area contributed by atoms with Gasteiger partial charge in [0, 0.05) is 22.4 Å². The van der Waals surface area contributed by atoms with Crippen molar-refractivity contribution >= 4 is 29.0 Å². The van der Waals surface area contributed by atoms with Crippen molar-refractivity contribution in [2.75, 3.05) is 0 Å². The van der Waals surface area contributed by atoms with Crippen molar-refractivity contribution in [3.63, 3.8) is 0 Å². The summed E-state index contributed by atoms with van der Waals surface area (Å²) in [6.07, 6.45) is 2.40. The molecule has 0 aromatic heterocycles. The van der Waals surface area contributed by atoms with Crippen LogP contribution in [0.15, 0.2) is 18.2 Å². The topological polar surface area (TPSA) is 37.3 Å². The van der Waals surface area contributed by atoms with Gasteiger partial charge >= 0.3 is 0 Å². The van der Waals surface area contributed by atoms with E-state index in [1.54, 1.807) is 18.2 Å². The highest BCUT2D eigenvalue weighted by Crippen LogP contribution is 2.35. The van der Waals surface area contributed by atoms with Crippen molar-refractivity contribution in [1.29, 1.82) is 0 Å². The van der Waals surface area contributed by atoms with Crippen LogP contribution in [0.25, 0.3) is 0 Å². The zero-order valence-electron chi connectivity index (χ0n) is 9.33. The van der Waals surface area contributed by atoms with Gasteiger partial charge in [-0.3, -0.25) is 4.79 Å². The lowest BCUT2D eigenvalue weighted by atomic mass is 9.82. The molecule has 1 aromatic carbocycles.